The van der Waals surface area contributed by atoms with Gasteiger partial charge in [-0.25, -0.2) is 8.42 Å². The van der Waals surface area contributed by atoms with Gasteiger partial charge in [0.25, 0.3) is 0 Å². The van der Waals surface area contributed by atoms with E-state index in [1.807, 2.05) is 35.2 Å². The normalized spacial score (nSPS) is 17.1. The summed E-state index contributed by atoms with van der Waals surface area (Å²) < 4.78 is 27.6. The van der Waals surface area contributed by atoms with E-state index in [0.717, 1.165) is 5.56 Å². The highest BCUT2D eigenvalue weighted by Crippen LogP contribution is 2.25. The van der Waals surface area contributed by atoms with Gasteiger partial charge in [0.1, 0.15) is 0 Å². The second-order valence-corrected chi connectivity index (χ2v) is 11.5. The van der Waals surface area contributed by atoms with E-state index in [1.54, 1.807) is 12.1 Å². The van der Waals surface area contributed by atoms with Crippen molar-refractivity contribution >= 4 is 15.9 Å². The maximum absolute atomic E-state index is 13.0. The Morgan fingerprint density at radius 2 is 1.56 bits per heavy atom. The van der Waals surface area contributed by atoms with Gasteiger partial charge in [0.2, 0.25) is 15.9 Å². The van der Waals surface area contributed by atoms with E-state index < -0.39 is 10.0 Å². The van der Waals surface area contributed by atoms with Crippen molar-refractivity contribution in [3.05, 3.63) is 65.7 Å². The number of nitrogens with one attached hydrogen (secondary N) is 1. The van der Waals surface area contributed by atoms with E-state index in [4.69, 9.17) is 0 Å². The van der Waals surface area contributed by atoms with Crippen molar-refractivity contribution in [1.29, 1.82) is 0 Å². The molecule has 1 N–H and O–H groups in total. The molecule has 1 amide bonds. The summed E-state index contributed by atoms with van der Waals surface area (Å²) in [5.74, 6) is 0.216. The predicted octanol–water partition coefficient (Wildman–Crippen LogP) is 3.21. The third-order valence-electron chi connectivity index (χ3n) is 6.03. The summed E-state index contributed by atoms with van der Waals surface area (Å²) in [5.41, 5.74) is 2.28. The fourth-order valence-corrected chi connectivity index (χ4v) is 5.25. The van der Waals surface area contributed by atoms with Crippen molar-refractivity contribution in [3.63, 3.8) is 0 Å². The number of hydrogen-bond donors (Lipinski definition) is 1. The highest BCUT2D eigenvalue weighted by molar-refractivity contribution is 7.89. The predicted molar refractivity (Wildman–Crippen MR) is 128 cm³/mol. The topological polar surface area (TPSA) is 69.7 Å². The molecular formula is C25H35N3O3S. The van der Waals surface area contributed by atoms with Crippen LogP contribution in [0.5, 0.6) is 0 Å². The van der Waals surface area contributed by atoms with E-state index in [2.05, 4.69) is 45.1 Å². The lowest BCUT2D eigenvalue weighted by molar-refractivity contribution is -0.122. The van der Waals surface area contributed by atoms with Crippen LogP contribution in [0, 0.1) is 0 Å². The number of nitrogens with zero attached hydrogens (tertiary/aromatic N) is 2. The van der Waals surface area contributed by atoms with Gasteiger partial charge in [-0.3, -0.25) is 9.69 Å². The second-order valence-electron chi connectivity index (χ2n) is 9.57. The molecule has 0 radical (unpaired) electrons. The number of piperazine rings is 1. The minimum absolute atomic E-state index is 0.0205. The number of carbonyl (C=O) groups is 1. The van der Waals surface area contributed by atoms with E-state index in [0.29, 0.717) is 37.6 Å². The lowest BCUT2D eigenvalue weighted by Crippen LogP contribution is -2.51. The molecule has 0 spiro atoms. The maximum atomic E-state index is 13.0. The van der Waals surface area contributed by atoms with Gasteiger partial charge in [-0.2, -0.15) is 4.31 Å². The molecule has 1 saturated heterocycles. The van der Waals surface area contributed by atoms with Crippen LogP contribution in [0.25, 0.3) is 0 Å². The Bertz CT molecular complexity index is 991. The molecule has 2 aromatic carbocycles. The zero-order chi connectivity index (χ0) is 23.4. The van der Waals surface area contributed by atoms with Crippen molar-refractivity contribution < 1.29 is 13.2 Å². The third-order valence-corrected chi connectivity index (χ3v) is 7.94. The van der Waals surface area contributed by atoms with Crippen LogP contribution in [-0.4, -0.2) is 62.8 Å². The summed E-state index contributed by atoms with van der Waals surface area (Å²) in [4.78, 5) is 14.7. The Kier molecular flexibility index (Phi) is 7.75. The molecule has 1 heterocycles. The first-order valence-corrected chi connectivity index (χ1v) is 12.7. The highest BCUT2D eigenvalue weighted by Gasteiger charge is 2.29. The van der Waals surface area contributed by atoms with Gasteiger partial charge >= 0.3 is 0 Å². The monoisotopic (exact) mass is 457 g/mol. The molecule has 3 rings (SSSR count). The molecule has 0 aliphatic carbocycles. The maximum Gasteiger partial charge on any atom is 0.243 e. The van der Waals surface area contributed by atoms with Crippen molar-refractivity contribution in [2.24, 2.45) is 0 Å². The Labute approximate surface area is 192 Å². The lowest BCUT2D eigenvalue weighted by atomic mass is 9.87. The van der Waals surface area contributed by atoms with Crippen molar-refractivity contribution in [2.45, 2.75) is 43.9 Å². The number of rotatable bonds is 7. The summed E-state index contributed by atoms with van der Waals surface area (Å²) in [6.45, 7) is 11.1. The first-order chi connectivity index (χ1) is 15.1. The average Bonchev–Trinajstić information content (AvgIpc) is 2.78. The van der Waals surface area contributed by atoms with Gasteiger partial charge in [-0.1, -0.05) is 70.2 Å². The lowest BCUT2D eigenvalue weighted by Gasteiger charge is -2.33. The standard InChI is InChI=1S/C25H35N3O3S/c1-20(21-8-6-5-7-9-21)18-26-24(29)19-27-14-16-28(17-15-27)32(30,31)23-12-10-22(11-13-23)25(2,3)4/h5-13,20H,14-19H2,1-4H3,(H,26,29). The Morgan fingerprint density at radius 1 is 0.969 bits per heavy atom. The Hall–Kier alpha value is -2.22. The molecule has 0 bridgehead atoms. The molecule has 7 heteroatoms. The molecule has 32 heavy (non-hydrogen) atoms. The van der Waals surface area contributed by atoms with E-state index in [1.165, 1.54) is 9.87 Å². The molecule has 1 atom stereocenters. The molecule has 6 nitrogen and oxygen atoms in total. The largest absolute Gasteiger partial charge is 0.354 e. The van der Waals surface area contributed by atoms with Gasteiger partial charge < -0.3 is 5.32 Å². The Balaban J connectivity index is 1.48. The summed E-state index contributed by atoms with van der Waals surface area (Å²) in [7, 11) is -3.52. The SMILES string of the molecule is CC(CNC(=O)CN1CCN(S(=O)(=O)c2ccc(C(C)(C)C)cc2)CC1)c1ccccc1. The molecule has 0 saturated carbocycles. The first kappa shape index (κ1) is 24.4. The van der Waals surface area contributed by atoms with Crippen molar-refractivity contribution in [1.82, 2.24) is 14.5 Å². The van der Waals surface area contributed by atoms with Crippen LogP contribution in [0.3, 0.4) is 0 Å². The third kappa shape index (κ3) is 6.18. The quantitative estimate of drug-likeness (QED) is 0.693. The smallest absolute Gasteiger partial charge is 0.243 e. The van der Waals surface area contributed by atoms with Crippen LogP contribution in [0.4, 0.5) is 0 Å². The van der Waals surface area contributed by atoms with Crippen LogP contribution in [0.2, 0.25) is 0 Å². The van der Waals surface area contributed by atoms with Crippen molar-refractivity contribution in [2.75, 3.05) is 39.3 Å². The number of hydrogen-bond acceptors (Lipinski definition) is 4. The fourth-order valence-electron chi connectivity index (χ4n) is 3.83. The van der Waals surface area contributed by atoms with Crippen LogP contribution < -0.4 is 5.32 Å². The minimum Gasteiger partial charge on any atom is -0.354 e. The molecular weight excluding hydrogens is 422 g/mol. The van der Waals surface area contributed by atoms with Gasteiger partial charge in [0, 0.05) is 32.7 Å². The zero-order valence-electron chi connectivity index (χ0n) is 19.5. The first-order valence-electron chi connectivity index (χ1n) is 11.2. The Morgan fingerprint density at radius 3 is 2.12 bits per heavy atom. The molecule has 174 valence electrons. The molecule has 1 unspecified atom stereocenters. The summed E-state index contributed by atoms with van der Waals surface area (Å²) >= 11 is 0. The summed E-state index contributed by atoms with van der Waals surface area (Å²) in [6, 6.07) is 17.3. The number of amides is 1. The molecule has 1 aliphatic heterocycles. The van der Waals surface area contributed by atoms with E-state index in [9.17, 15) is 13.2 Å². The van der Waals surface area contributed by atoms with Gasteiger partial charge in [0.15, 0.2) is 0 Å². The van der Waals surface area contributed by atoms with Gasteiger partial charge in [-0.05, 0) is 34.6 Å². The van der Waals surface area contributed by atoms with E-state index >= 15 is 0 Å². The molecule has 1 fully saturated rings. The van der Waals surface area contributed by atoms with Gasteiger partial charge in [-0.15, -0.1) is 0 Å². The van der Waals surface area contributed by atoms with Crippen molar-refractivity contribution in [3.8, 4) is 0 Å². The van der Waals surface area contributed by atoms with E-state index in [-0.39, 0.29) is 23.8 Å². The number of sulfonamides is 1. The van der Waals surface area contributed by atoms with Crippen LogP contribution in [-0.2, 0) is 20.2 Å². The molecule has 1 aliphatic rings. The van der Waals surface area contributed by atoms with Crippen LogP contribution in [0.1, 0.15) is 44.7 Å². The minimum atomic E-state index is -3.52. The molecule has 0 aromatic heterocycles. The summed E-state index contributed by atoms with van der Waals surface area (Å²) in [5, 5.41) is 3.00. The fraction of sp³-hybridized carbons (Fsp3) is 0.480. The van der Waals surface area contributed by atoms with Crippen LogP contribution in [0.15, 0.2) is 59.5 Å². The summed E-state index contributed by atoms with van der Waals surface area (Å²) in [6.07, 6.45) is 0. The zero-order valence-corrected chi connectivity index (χ0v) is 20.4. The van der Waals surface area contributed by atoms with Crippen LogP contribution >= 0.6 is 0 Å². The van der Waals surface area contributed by atoms with Gasteiger partial charge in [0.05, 0.1) is 11.4 Å². The average molecular weight is 458 g/mol. The second kappa shape index (κ2) is 10.1. The number of carbonyl (C=O) groups excluding carboxylic acids is 1. The molecule has 2 aromatic rings. The highest BCUT2D eigenvalue weighted by atomic mass is 32.2. The number of benzene rings is 2.